The molecule has 1 aromatic heterocycles. The topological polar surface area (TPSA) is 43.7 Å². The monoisotopic (exact) mass is 404 g/mol. The molecule has 0 aliphatic heterocycles. The molecule has 4 heteroatoms. The van der Waals surface area contributed by atoms with E-state index in [0.717, 1.165) is 59.8 Å². The van der Waals surface area contributed by atoms with Crippen molar-refractivity contribution in [3.8, 4) is 11.5 Å². The largest absolute Gasteiger partial charge is 0.494 e. The van der Waals surface area contributed by atoms with Crippen LogP contribution in [0.2, 0.25) is 0 Å². The Kier molecular flexibility index (Phi) is 8.70. The second kappa shape index (κ2) is 12.0. The Bertz CT molecular complexity index is 935. The zero-order valence-corrected chi connectivity index (χ0v) is 18.1. The van der Waals surface area contributed by atoms with Gasteiger partial charge in [-0.25, -0.2) is 4.98 Å². The standard InChI is InChI=1S/C26H32N2O2/c1-3-5-7-17-29-24-13-11-22(12-14-24)27-20-23-10-9-21-19-25(15-16-26(21)28-23)30-18-8-6-4-2/h9-16,19-20H,3-8,17-18H2,1-2H3. The first kappa shape index (κ1) is 21.8. The Morgan fingerprint density at radius 2 is 1.43 bits per heavy atom. The molecule has 0 amide bonds. The zero-order chi connectivity index (χ0) is 21.0. The van der Waals surface area contributed by atoms with Crippen LogP contribution in [0, 0.1) is 0 Å². The van der Waals surface area contributed by atoms with Crippen molar-refractivity contribution in [3.05, 3.63) is 60.3 Å². The number of ether oxygens (including phenoxy) is 2. The van der Waals surface area contributed by atoms with Crippen molar-refractivity contribution in [2.24, 2.45) is 4.99 Å². The van der Waals surface area contributed by atoms with Crippen LogP contribution in [0.15, 0.2) is 59.6 Å². The van der Waals surface area contributed by atoms with E-state index in [4.69, 9.17) is 9.47 Å². The zero-order valence-electron chi connectivity index (χ0n) is 18.1. The maximum Gasteiger partial charge on any atom is 0.120 e. The molecule has 0 saturated carbocycles. The van der Waals surface area contributed by atoms with Crippen molar-refractivity contribution in [2.75, 3.05) is 13.2 Å². The highest BCUT2D eigenvalue weighted by Crippen LogP contribution is 2.21. The fraction of sp³-hybridized carbons (Fsp3) is 0.385. The molecule has 0 spiro atoms. The molecule has 0 fully saturated rings. The van der Waals surface area contributed by atoms with Crippen LogP contribution in [0.4, 0.5) is 5.69 Å². The molecule has 0 unspecified atom stereocenters. The second-order valence-corrected chi connectivity index (χ2v) is 7.45. The molecule has 0 aliphatic rings. The number of aliphatic imine (C=N–C) groups is 1. The SMILES string of the molecule is CCCCCOc1ccc(N=Cc2ccc3cc(OCCCCC)ccc3n2)cc1. The van der Waals surface area contributed by atoms with Gasteiger partial charge in [-0.05, 0) is 61.4 Å². The van der Waals surface area contributed by atoms with Crippen LogP contribution >= 0.6 is 0 Å². The number of aromatic nitrogens is 1. The van der Waals surface area contributed by atoms with E-state index in [9.17, 15) is 0 Å². The van der Waals surface area contributed by atoms with E-state index in [1.165, 1.54) is 25.7 Å². The summed E-state index contributed by atoms with van der Waals surface area (Å²) in [6, 6.07) is 18.0. The number of rotatable bonds is 12. The number of unbranched alkanes of at least 4 members (excludes halogenated alkanes) is 4. The number of hydrogen-bond acceptors (Lipinski definition) is 4. The Balaban J connectivity index is 1.57. The first-order chi connectivity index (χ1) is 14.8. The van der Waals surface area contributed by atoms with Crippen molar-refractivity contribution in [3.63, 3.8) is 0 Å². The summed E-state index contributed by atoms with van der Waals surface area (Å²) < 4.78 is 11.6. The Morgan fingerprint density at radius 1 is 0.767 bits per heavy atom. The van der Waals surface area contributed by atoms with Gasteiger partial charge >= 0.3 is 0 Å². The molecule has 0 atom stereocenters. The lowest BCUT2D eigenvalue weighted by Crippen LogP contribution is -1.97. The second-order valence-electron chi connectivity index (χ2n) is 7.45. The molecular weight excluding hydrogens is 372 g/mol. The molecule has 3 aromatic rings. The van der Waals surface area contributed by atoms with E-state index >= 15 is 0 Å². The van der Waals surface area contributed by atoms with Crippen LogP contribution in [0.5, 0.6) is 11.5 Å². The fourth-order valence-electron chi connectivity index (χ4n) is 3.13. The number of nitrogens with zero attached hydrogens (tertiary/aromatic N) is 2. The smallest absolute Gasteiger partial charge is 0.120 e. The van der Waals surface area contributed by atoms with Gasteiger partial charge < -0.3 is 9.47 Å². The molecule has 158 valence electrons. The third-order valence-electron chi connectivity index (χ3n) is 4.90. The van der Waals surface area contributed by atoms with Crippen molar-refractivity contribution in [1.82, 2.24) is 4.98 Å². The normalized spacial score (nSPS) is 11.3. The average molecular weight is 405 g/mol. The van der Waals surface area contributed by atoms with Crippen LogP contribution in [0.3, 0.4) is 0 Å². The summed E-state index contributed by atoms with van der Waals surface area (Å²) in [5, 5.41) is 1.07. The van der Waals surface area contributed by atoms with Gasteiger partial charge in [0.25, 0.3) is 0 Å². The van der Waals surface area contributed by atoms with E-state index in [0.29, 0.717) is 0 Å². The molecule has 0 N–H and O–H groups in total. The van der Waals surface area contributed by atoms with Gasteiger partial charge in [-0.1, -0.05) is 45.6 Å². The summed E-state index contributed by atoms with van der Waals surface area (Å²) in [6.07, 6.45) is 8.79. The van der Waals surface area contributed by atoms with E-state index in [-0.39, 0.29) is 0 Å². The molecule has 0 radical (unpaired) electrons. The number of pyridine rings is 1. The number of fused-ring (bicyclic) bond motifs is 1. The summed E-state index contributed by atoms with van der Waals surface area (Å²) in [7, 11) is 0. The van der Waals surface area contributed by atoms with Crippen LogP contribution in [-0.2, 0) is 0 Å². The highest BCUT2D eigenvalue weighted by molar-refractivity contribution is 5.86. The number of benzene rings is 2. The lowest BCUT2D eigenvalue weighted by atomic mass is 10.2. The Labute approximate surface area is 180 Å². The molecular formula is C26H32N2O2. The van der Waals surface area contributed by atoms with Gasteiger partial charge in [0.05, 0.1) is 36.3 Å². The van der Waals surface area contributed by atoms with E-state index in [1.54, 1.807) is 6.21 Å². The summed E-state index contributed by atoms with van der Waals surface area (Å²) in [6.45, 7) is 5.92. The lowest BCUT2D eigenvalue weighted by Gasteiger charge is -2.07. The predicted octanol–water partition coefficient (Wildman–Crippen LogP) is 7.12. The minimum atomic E-state index is 0.764. The fourth-order valence-corrected chi connectivity index (χ4v) is 3.13. The molecule has 0 bridgehead atoms. The molecule has 2 aromatic carbocycles. The summed E-state index contributed by atoms with van der Waals surface area (Å²) in [5.41, 5.74) is 2.66. The first-order valence-electron chi connectivity index (χ1n) is 11.1. The number of hydrogen-bond donors (Lipinski definition) is 0. The molecule has 0 saturated heterocycles. The highest BCUT2D eigenvalue weighted by Gasteiger charge is 2.01. The minimum absolute atomic E-state index is 0.764. The van der Waals surface area contributed by atoms with Crippen molar-refractivity contribution < 1.29 is 9.47 Å². The maximum absolute atomic E-state index is 5.83. The summed E-state index contributed by atoms with van der Waals surface area (Å²) in [4.78, 5) is 9.23. The summed E-state index contributed by atoms with van der Waals surface area (Å²) in [5.74, 6) is 1.79. The highest BCUT2D eigenvalue weighted by atomic mass is 16.5. The Morgan fingerprint density at radius 3 is 2.13 bits per heavy atom. The molecule has 4 nitrogen and oxygen atoms in total. The average Bonchev–Trinajstić information content (AvgIpc) is 2.79. The van der Waals surface area contributed by atoms with Gasteiger partial charge in [-0.2, -0.15) is 0 Å². The van der Waals surface area contributed by atoms with Crippen molar-refractivity contribution in [1.29, 1.82) is 0 Å². The van der Waals surface area contributed by atoms with Crippen LogP contribution in [0.25, 0.3) is 10.9 Å². The molecule has 1 heterocycles. The van der Waals surface area contributed by atoms with Crippen LogP contribution in [0.1, 0.15) is 58.1 Å². The van der Waals surface area contributed by atoms with E-state index in [1.807, 2.05) is 42.5 Å². The predicted molar refractivity (Wildman–Crippen MR) is 125 cm³/mol. The quantitative estimate of drug-likeness (QED) is 0.238. The van der Waals surface area contributed by atoms with Gasteiger partial charge in [0.15, 0.2) is 0 Å². The Hall–Kier alpha value is -2.88. The van der Waals surface area contributed by atoms with Gasteiger partial charge in [-0.3, -0.25) is 4.99 Å². The summed E-state index contributed by atoms with van der Waals surface area (Å²) >= 11 is 0. The maximum atomic E-state index is 5.83. The van der Waals surface area contributed by atoms with Gasteiger partial charge in [0.2, 0.25) is 0 Å². The van der Waals surface area contributed by atoms with E-state index < -0.39 is 0 Å². The molecule has 0 aliphatic carbocycles. The third kappa shape index (κ3) is 6.87. The molecule has 3 rings (SSSR count). The van der Waals surface area contributed by atoms with Gasteiger partial charge in [-0.15, -0.1) is 0 Å². The third-order valence-corrected chi connectivity index (χ3v) is 4.90. The van der Waals surface area contributed by atoms with Crippen molar-refractivity contribution in [2.45, 2.75) is 52.4 Å². The minimum Gasteiger partial charge on any atom is -0.494 e. The van der Waals surface area contributed by atoms with E-state index in [2.05, 4.69) is 36.0 Å². The first-order valence-corrected chi connectivity index (χ1v) is 11.1. The van der Waals surface area contributed by atoms with Gasteiger partial charge in [0, 0.05) is 5.39 Å². The molecule has 30 heavy (non-hydrogen) atoms. The van der Waals surface area contributed by atoms with Crippen molar-refractivity contribution >= 4 is 22.8 Å². The van der Waals surface area contributed by atoms with Crippen LogP contribution < -0.4 is 9.47 Å². The van der Waals surface area contributed by atoms with Crippen LogP contribution in [-0.4, -0.2) is 24.4 Å². The van der Waals surface area contributed by atoms with Gasteiger partial charge in [0.1, 0.15) is 11.5 Å². The lowest BCUT2D eigenvalue weighted by molar-refractivity contribution is 0.306.